The molecule has 0 aliphatic rings. The van der Waals surface area contributed by atoms with E-state index in [9.17, 15) is 9.59 Å². The summed E-state index contributed by atoms with van der Waals surface area (Å²) in [5.74, 6) is -2.96. The molecule has 0 saturated carbocycles. The van der Waals surface area contributed by atoms with Gasteiger partial charge in [-0.25, -0.2) is 14.6 Å². The molecule has 0 bridgehead atoms. The van der Waals surface area contributed by atoms with E-state index in [1.165, 1.54) is 12.0 Å². The molecule has 4 aromatic rings. The fourth-order valence-corrected chi connectivity index (χ4v) is 3.49. The lowest BCUT2D eigenvalue weighted by atomic mass is 10.2. The van der Waals surface area contributed by atoms with E-state index >= 15 is 0 Å². The topological polar surface area (TPSA) is 165 Å². The molecule has 3 aromatic carbocycles. The molecule has 0 aliphatic heterocycles. The number of fused-ring (bicyclic) bond motifs is 1. The lowest BCUT2D eigenvalue weighted by molar-refractivity contribution is 0.0695. The molecule has 0 unspecified atom stereocenters. The standard InChI is InChI=1S/C15H13N3O2S.C7H6O5/c1-20-15(19)18-14-16-12-8-7-11(9-13(12)17-14)21-10-5-3-2-4-6-10;8-4-1-3(7(11)12)2-5(9)6(4)10/h2-9H,1H3,(H2,16,17,18,19);1-2,8-10H,(H,11,12). The van der Waals surface area contributed by atoms with Crippen LogP contribution < -0.4 is 5.32 Å². The number of methoxy groups -OCH3 is 1. The Kier molecular flexibility index (Phi) is 7.26. The van der Waals surface area contributed by atoms with E-state index in [0.717, 1.165) is 28.1 Å². The first kappa shape index (κ1) is 23.3. The highest BCUT2D eigenvalue weighted by Crippen LogP contribution is 2.35. The fraction of sp³-hybridized carbons (Fsp3) is 0.0455. The number of nitrogens with one attached hydrogen (secondary N) is 2. The van der Waals surface area contributed by atoms with Crippen LogP contribution in [0.25, 0.3) is 11.0 Å². The number of benzene rings is 3. The molecule has 1 heterocycles. The summed E-state index contributed by atoms with van der Waals surface area (Å²) in [7, 11) is 1.31. The predicted octanol–water partition coefficient (Wildman–Crippen LogP) is 4.39. The van der Waals surface area contributed by atoms with Gasteiger partial charge < -0.3 is 30.1 Å². The van der Waals surface area contributed by atoms with Crippen molar-refractivity contribution in [3.8, 4) is 17.2 Å². The molecule has 1 amide bonds. The Hall–Kier alpha value is -4.38. The zero-order chi connectivity index (χ0) is 24.0. The maximum Gasteiger partial charge on any atom is 0.413 e. The number of ether oxygens (including phenoxy) is 1. The van der Waals surface area contributed by atoms with E-state index in [-0.39, 0.29) is 5.56 Å². The molecule has 6 N–H and O–H groups in total. The monoisotopic (exact) mass is 469 g/mol. The molecule has 0 saturated heterocycles. The number of carbonyl (C=O) groups is 2. The van der Waals surface area contributed by atoms with Crippen LogP contribution in [0.4, 0.5) is 10.7 Å². The summed E-state index contributed by atoms with van der Waals surface area (Å²) >= 11 is 1.67. The molecule has 0 aliphatic carbocycles. The van der Waals surface area contributed by atoms with Crippen molar-refractivity contribution in [2.45, 2.75) is 9.79 Å². The van der Waals surface area contributed by atoms with Crippen LogP contribution in [0.2, 0.25) is 0 Å². The van der Waals surface area contributed by atoms with Crippen molar-refractivity contribution in [2.75, 3.05) is 12.4 Å². The number of carboxylic acid groups (broad SMARTS) is 1. The number of imidazole rings is 1. The Labute approximate surface area is 191 Å². The quantitative estimate of drug-likeness (QED) is 0.238. The Morgan fingerprint density at radius 1 is 0.970 bits per heavy atom. The van der Waals surface area contributed by atoms with Gasteiger partial charge in [0, 0.05) is 9.79 Å². The number of carbonyl (C=O) groups excluding carboxylic acids is 1. The average molecular weight is 469 g/mol. The van der Waals surface area contributed by atoms with E-state index in [4.69, 9.17) is 20.4 Å². The van der Waals surface area contributed by atoms with Gasteiger partial charge in [-0.05, 0) is 42.5 Å². The first-order valence-corrected chi connectivity index (χ1v) is 10.1. The van der Waals surface area contributed by atoms with Gasteiger partial charge in [0.25, 0.3) is 0 Å². The smallest absolute Gasteiger partial charge is 0.413 e. The molecular formula is C22H19N3O7S. The van der Waals surface area contributed by atoms with E-state index < -0.39 is 29.3 Å². The summed E-state index contributed by atoms with van der Waals surface area (Å²) in [5.41, 5.74) is 1.36. The number of phenols is 3. The summed E-state index contributed by atoms with van der Waals surface area (Å²) in [6, 6.07) is 17.7. The highest BCUT2D eigenvalue weighted by atomic mass is 32.2. The maximum absolute atomic E-state index is 11.2. The minimum absolute atomic E-state index is 0.289. The number of aromatic amines is 1. The molecule has 1 aromatic heterocycles. The van der Waals surface area contributed by atoms with Gasteiger partial charge in [-0.3, -0.25) is 5.32 Å². The molecule has 170 valence electrons. The van der Waals surface area contributed by atoms with Crippen molar-refractivity contribution < 1.29 is 34.8 Å². The highest BCUT2D eigenvalue weighted by Gasteiger charge is 2.11. The number of aromatic hydroxyl groups is 3. The van der Waals surface area contributed by atoms with Gasteiger partial charge in [-0.1, -0.05) is 30.0 Å². The van der Waals surface area contributed by atoms with E-state index in [1.54, 1.807) is 11.8 Å². The third-order valence-corrected chi connectivity index (χ3v) is 5.15. The lowest BCUT2D eigenvalue weighted by Gasteiger charge is -2.01. The molecule has 0 spiro atoms. The van der Waals surface area contributed by atoms with Crippen LogP contribution in [0.15, 0.2) is 70.5 Å². The molecule has 11 heteroatoms. The van der Waals surface area contributed by atoms with Gasteiger partial charge >= 0.3 is 12.1 Å². The van der Waals surface area contributed by atoms with Gasteiger partial charge in [0.15, 0.2) is 17.2 Å². The number of rotatable bonds is 4. The second kappa shape index (κ2) is 10.3. The zero-order valence-corrected chi connectivity index (χ0v) is 18.0. The highest BCUT2D eigenvalue weighted by molar-refractivity contribution is 7.99. The largest absolute Gasteiger partial charge is 0.504 e. The van der Waals surface area contributed by atoms with Crippen molar-refractivity contribution >= 4 is 40.8 Å². The zero-order valence-electron chi connectivity index (χ0n) is 17.1. The summed E-state index contributed by atoms with van der Waals surface area (Å²) < 4.78 is 4.54. The Bertz CT molecular complexity index is 1270. The van der Waals surface area contributed by atoms with E-state index in [2.05, 4.69) is 32.2 Å². The summed E-state index contributed by atoms with van der Waals surface area (Å²) in [5, 5.41) is 37.5. The predicted molar refractivity (Wildman–Crippen MR) is 121 cm³/mol. The summed E-state index contributed by atoms with van der Waals surface area (Å²) in [6.07, 6.45) is -0.548. The van der Waals surface area contributed by atoms with Crippen LogP contribution in [0.3, 0.4) is 0 Å². The summed E-state index contributed by atoms with van der Waals surface area (Å²) in [6.45, 7) is 0. The normalized spacial score (nSPS) is 10.2. The molecule has 0 radical (unpaired) electrons. The second-order valence-electron chi connectivity index (χ2n) is 6.46. The van der Waals surface area contributed by atoms with E-state index in [0.29, 0.717) is 5.95 Å². The number of anilines is 1. The Morgan fingerprint density at radius 3 is 2.24 bits per heavy atom. The Morgan fingerprint density at radius 2 is 1.64 bits per heavy atom. The Balaban J connectivity index is 0.000000218. The lowest BCUT2D eigenvalue weighted by Crippen LogP contribution is -2.11. The van der Waals surface area contributed by atoms with Gasteiger partial charge in [-0.2, -0.15) is 0 Å². The number of H-pyrrole nitrogens is 1. The van der Waals surface area contributed by atoms with Crippen LogP contribution in [0, 0.1) is 0 Å². The van der Waals surface area contributed by atoms with Gasteiger partial charge in [-0.15, -0.1) is 0 Å². The van der Waals surface area contributed by atoms with Gasteiger partial charge in [0.1, 0.15) is 0 Å². The molecule has 0 fully saturated rings. The molecule has 0 atom stereocenters. The van der Waals surface area contributed by atoms with E-state index in [1.807, 2.05) is 36.4 Å². The summed E-state index contributed by atoms with van der Waals surface area (Å²) in [4.78, 5) is 31.1. The average Bonchev–Trinajstić information content (AvgIpc) is 3.19. The van der Waals surface area contributed by atoms with Crippen molar-refractivity contribution in [1.29, 1.82) is 0 Å². The number of nitrogens with zero attached hydrogens (tertiary/aromatic N) is 1. The third-order valence-electron chi connectivity index (χ3n) is 4.15. The van der Waals surface area contributed by atoms with Crippen molar-refractivity contribution in [3.05, 3.63) is 66.2 Å². The first-order chi connectivity index (χ1) is 15.8. The molecule has 33 heavy (non-hydrogen) atoms. The van der Waals surface area contributed by atoms with Gasteiger partial charge in [0.05, 0.1) is 23.7 Å². The minimum atomic E-state index is -1.29. The number of hydrogen-bond donors (Lipinski definition) is 6. The molecule has 4 rings (SSSR count). The molecule has 10 nitrogen and oxygen atoms in total. The second-order valence-corrected chi connectivity index (χ2v) is 7.61. The number of aromatic carboxylic acids is 1. The van der Waals surface area contributed by atoms with Crippen LogP contribution in [0.1, 0.15) is 10.4 Å². The maximum atomic E-state index is 11.2. The van der Waals surface area contributed by atoms with Crippen LogP contribution >= 0.6 is 11.8 Å². The van der Waals surface area contributed by atoms with Crippen molar-refractivity contribution in [3.63, 3.8) is 0 Å². The van der Waals surface area contributed by atoms with Crippen LogP contribution in [-0.2, 0) is 4.74 Å². The minimum Gasteiger partial charge on any atom is -0.504 e. The van der Waals surface area contributed by atoms with Crippen LogP contribution in [-0.4, -0.2) is 49.6 Å². The van der Waals surface area contributed by atoms with Gasteiger partial charge in [0.2, 0.25) is 5.95 Å². The number of carboxylic acids is 1. The van der Waals surface area contributed by atoms with Crippen molar-refractivity contribution in [1.82, 2.24) is 9.97 Å². The first-order valence-electron chi connectivity index (χ1n) is 9.32. The molecular weight excluding hydrogens is 450 g/mol. The SMILES string of the molecule is COC(=O)Nc1nc2ccc(Sc3ccccc3)cc2[nH]1.O=C(O)c1cc(O)c(O)c(O)c1. The number of hydrogen-bond acceptors (Lipinski definition) is 8. The number of aromatic nitrogens is 2. The van der Waals surface area contributed by atoms with Crippen molar-refractivity contribution in [2.24, 2.45) is 0 Å². The number of phenolic OH excluding ortho intramolecular Hbond substituents is 3. The van der Waals surface area contributed by atoms with Crippen LogP contribution in [0.5, 0.6) is 17.2 Å². The third kappa shape index (κ3) is 6.08. The number of amides is 1. The fourth-order valence-electron chi connectivity index (χ4n) is 2.61.